The molecule has 2 atom stereocenters. The molecule has 210 valence electrons. The van der Waals surface area contributed by atoms with Crippen LogP contribution in [-0.4, -0.2) is 47.0 Å². The Balaban J connectivity index is 3.38. The number of aryl methyl sites for hydroxylation is 1. The lowest BCUT2D eigenvalue weighted by Crippen LogP contribution is -2.55. The van der Waals surface area contributed by atoms with Crippen LogP contribution in [0.25, 0.3) is 0 Å². The maximum absolute atomic E-state index is 14.1. The number of unbranched alkanes of at least 4 members (excludes halogenated alkanes) is 5. The highest BCUT2D eigenvalue weighted by Crippen LogP contribution is 2.26. The molecular formula is C30H51N3O4. The monoisotopic (exact) mass is 517 g/mol. The van der Waals surface area contributed by atoms with E-state index in [1.807, 2.05) is 58.9 Å². The summed E-state index contributed by atoms with van der Waals surface area (Å²) < 4.78 is 5.45. The van der Waals surface area contributed by atoms with E-state index in [0.717, 1.165) is 36.8 Å². The molecule has 0 radical (unpaired) electrons. The van der Waals surface area contributed by atoms with Crippen LogP contribution in [0.4, 0.5) is 4.79 Å². The molecule has 1 rings (SSSR count). The first-order chi connectivity index (χ1) is 17.3. The predicted octanol–water partition coefficient (Wildman–Crippen LogP) is 6.30. The summed E-state index contributed by atoms with van der Waals surface area (Å²) in [6.45, 7) is 17.5. The van der Waals surface area contributed by atoms with Crippen molar-refractivity contribution in [2.45, 2.75) is 125 Å². The van der Waals surface area contributed by atoms with Crippen molar-refractivity contribution in [3.8, 4) is 0 Å². The average molecular weight is 518 g/mol. The molecule has 0 aliphatic rings. The number of carbonyl (C=O) groups excluding carboxylic acids is 3. The number of nitrogens with one attached hydrogen (secondary N) is 2. The average Bonchev–Trinajstić information content (AvgIpc) is 2.76. The van der Waals surface area contributed by atoms with Crippen molar-refractivity contribution in [3.05, 3.63) is 35.4 Å². The second kappa shape index (κ2) is 15.6. The van der Waals surface area contributed by atoms with Gasteiger partial charge in [-0.15, -0.1) is 0 Å². The number of benzene rings is 1. The molecule has 0 saturated carbocycles. The van der Waals surface area contributed by atoms with E-state index in [4.69, 9.17) is 4.74 Å². The van der Waals surface area contributed by atoms with Crippen molar-refractivity contribution in [1.82, 2.24) is 15.5 Å². The van der Waals surface area contributed by atoms with Gasteiger partial charge in [0.1, 0.15) is 17.7 Å². The van der Waals surface area contributed by atoms with Crippen molar-refractivity contribution in [3.63, 3.8) is 0 Å². The van der Waals surface area contributed by atoms with Gasteiger partial charge in [-0.2, -0.15) is 0 Å². The summed E-state index contributed by atoms with van der Waals surface area (Å²) in [6, 6.07) is 6.03. The lowest BCUT2D eigenvalue weighted by atomic mass is 9.97. The van der Waals surface area contributed by atoms with Gasteiger partial charge in [-0.05, 0) is 59.4 Å². The van der Waals surface area contributed by atoms with E-state index >= 15 is 0 Å². The lowest BCUT2D eigenvalue weighted by Gasteiger charge is -2.36. The lowest BCUT2D eigenvalue weighted by molar-refractivity contribution is -0.143. The highest BCUT2D eigenvalue weighted by molar-refractivity contribution is 5.92. The molecule has 7 nitrogen and oxygen atoms in total. The third-order valence-corrected chi connectivity index (χ3v) is 5.99. The summed E-state index contributed by atoms with van der Waals surface area (Å²) in [5.41, 5.74) is 1.09. The smallest absolute Gasteiger partial charge is 0.408 e. The van der Waals surface area contributed by atoms with Gasteiger partial charge >= 0.3 is 6.09 Å². The summed E-state index contributed by atoms with van der Waals surface area (Å²) in [4.78, 5) is 42.0. The summed E-state index contributed by atoms with van der Waals surface area (Å²) in [5, 5.41) is 5.79. The van der Waals surface area contributed by atoms with Gasteiger partial charge in [0.15, 0.2) is 0 Å². The number of ether oxygens (including phenoxy) is 1. The van der Waals surface area contributed by atoms with Gasteiger partial charge in [0, 0.05) is 12.6 Å². The van der Waals surface area contributed by atoms with Crippen LogP contribution in [0.3, 0.4) is 0 Å². The topological polar surface area (TPSA) is 87.7 Å². The maximum atomic E-state index is 14.1. The number of hydrogen-bond acceptors (Lipinski definition) is 4. The summed E-state index contributed by atoms with van der Waals surface area (Å²) >= 11 is 0. The quantitative estimate of drug-likeness (QED) is 0.284. The summed E-state index contributed by atoms with van der Waals surface area (Å²) in [5.74, 6) is -0.696. The molecule has 2 N–H and O–H groups in total. The Bertz CT molecular complexity index is 861. The molecule has 7 heteroatoms. The molecule has 1 aromatic carbocycles. The number of carbonyl (C=O) groups is 3. The SMILES string of the molecule is CCCCCCCCN(C(=O)C(NC(=O)OC(C)(C)C)C(C)C)C(C(=O)NC(C)C)c1cccc(C)c1. The van der Waals surface area contributed by atoms with Crippen LogP contribution >= 0.6 is 0 Å². The van der Waals surface area contributed by atoms with Crippen LogP contribution in [0.5, 0.6) is 0 Å². The van der Waals surface area contributed by atoms with Gasteiger partial charge in [-0.25, -0.2) is 4.79 Å². The zero-order valence-electron chi connectivity index (χ0n) is 24.6. The van der Waals surface area contributed by atoms with E-state index in [1.165, 1.54) is 12.8 Å². The molecule has 0 spiro atoms. The second-order valence-corrected chi connectivity index (χ2v) is 11.6. The molecule has 0 saturated heterocycles. The van der Waals surface area contributed by atoms with Crippen LogP contribution in [-0.2, 0) is 14.3 Å². The highest BCUT2D eigenvalue weighted by Gasteiger charge is 2.37. The standard InChI is InChI=1S/C30H51N3O4/c1-10-11-12-13-14-15-19-33(28(35)25(21(2)3)32-29(36)37-30(7,8)9)26(27(34)31-22(4)5)24-18-16-17-23(6)20-24/h16-18,20-22,25-26H,10-15,19H2,1-9H3,(H,31,34)(H,32,36). The maximum Gasteiger partial charge on any atom is 0.408 e. The fourth-order valence-electron chi connectivity index (χ4n) is 4.23. The van der Waals surface area contributed by atoms with Gasteiger partial charge in [0.05, 0.1) is 0 Å². The largest absolute Gasteiger partial charge is 0.444 e. The highest BCUT2D eigenvalue weighted by atomic mass is 16.6. The number of amides is 3. The molecule has 37 heavy (non-hydrogen) atoms. The number of hydrogen-bond donors (Lipinski definition) is 2. The molecule has 0 aliphatic carbocycles. The van der Waals surface area contributed by atoms with Crippen molar-refractivity contribution in [2.24, 2.45) is 5.92 Å². The first kappa shape index (κ1) is 32.5. The van der Waals surface area contributed by atoms with Gasteiger partial charge in [-0.3, -0.25) is 9.59 Å². The third kappa shape index (κ3) is 12.0. The minimum Gasteiger partial charge on any atom is -0.444 e. The van der Waals surface area contributed by atoms with Crippen molar-refractivity contribution in [2.75, 3.05) is 6.54 Å². The zero-order chi connectivity index (χ0) is 28.2. The first-order valence-electron chi connectivity index (χ1n) is 13.9. The van der Waals surface area contributed by atoms with E-state index in [0.29, 0.717) is 6.54 Å². The van der Waals surface area contributed by atoms with Crippen molar-refractivity contribution in [1.29, 1.82) is 0 Å². The normalized spacial score (nSPS) is 13.3. The van der Waals surface area contributed by atoms with Crippen LogP contribution in [0.1, 0.15) is 111 Å². The molecule has 3 amide bonds. The Hall–Kier alpha value is -2.57. The molecule has 2 unspecified atom stereocenters. The molecular weight excluding hydrogens is 466 g/mol. The molecule has 0 aromatic heterocycles. The Kier molecular flexibility index (Phi) is 13.7. The molecule has 1 aromatic rings. The molecule has 0 fully saturated rings. The van der Waals surface area contributed by atoms with Crippen LogP contribution in [0.2, 0.25) is 0 Å². The van der Waals surface area contributed by atoms with E-state index < -0.39 is 23.8 Å². The molecule has 0 bridgehead atoms. The fraction of sp³-hybridized carbons (Fsp3) is 0.700. The number of nitrogens with zero attached hydrogens (tertiary/aromatic N) is 1. The fourth-order valence-corrected chi connectivity index (χ4v) is 4.23. The summed E-state index contributed by atoms with van der Waals surface area (Å²) in [6.07, 6.45) is 5.73. The predicted molar refractivity (Wildman–Crippen MR) is 150 cm³/mol. The Morgan fingerprint density at radius 3 is 2.11 bits per heavy atom. The van der Waals surface area contributed by atoms with Crippen molar-refractivity contribution >= 4 is 17.9 Å². The van der Waals surface area contributed by atoms with Gasteiger partial charge < -0.3 is 20.3 Å². The van der Waals surface area contributed by atoms with E-state index in [2.05, 4.69) is 17.6 Å². The summed E-state index contributed by atoms with van der Waals surface area (Å²) in [7, 11) is 0. The van der Waals surface area contributed by atoms with Gasteiger partial charge in [0.2, 0.25) is 11.8 Å². The van der Waals surface area contributed by atoms with Crippen LogP contribution in [0.15, 0.2) is 24.3 Å². The van der Waals surface area contributed by atoms with E-state index in [1.54, 1.807) is 25.7 Å². The Labute approximate surface area is 225 Å². The first-order valence-corrected chi connectivity index (χ1v) is 13.9. The molecule has 0 aliphatic heterocycles. The third-order valence-electron chi connectivity index (χ3n) is 5.99. The number of rotatable bonds is 14. The van der Waals surface area contributed by atoms with E-state index in [-0.39, 0.29) is 23.8 Å². The van der Waals surface area contributed by atoms with E-state index in [9.17, 15) is 14.4 Å². The Morgan fingerprint density at radius 2 is 1.57 bits per heavy atom. The van der Waals surface area contributed by atoms with Gasteiger partial charge in [0.25, 0.3) is 0 Å². The minimum atomic E-state index is -0.825. The van der Waals surface area contributed by atoms with Crippen LogP contribution in [0, 0.1) is 12.8 Å². The molecule has 0 heterocycles. The van der Waals surface area contributed by atoms with Crippen molar-refractivity contribution < 1.29 is 19.1 Å². The van der Waals surface area contributed by atoms with Gasteiger partial charge in [-0.1, -0.05) is 82.7 Å². The van der Waals surface area contributed by atoms with Crippen LogP contribution < -0.4 is 10.6 Å². The second-order valence-electron chi connectivity index (χ2n) is 11.6. The minimum absolute atomic E-state index is 0.0772. The Morgan fingerprint density at radius 1 is 0.946 bits per heavy atom. The number of alkyl carbamates (subject to hydrolysis) is 1. The zero-order valence-corrected chi connectivity index (χ0v) is 24.6.